The van der Waals surface area contributed by atoms with Crippen LogP contribution < -0.4 is 0 Å². The number of rotatable bonds is 1. The summed E-state index contributed by atoms with van der Waals surface area (Å²) < 4.78 is 22.4. The van der Waals surface area contributed by atoms with Crippen LogP contribution >= 0.6 is 22.0 Å². The molecule has 0 N–H and O–H groups in total. The maximum absolute atomic E-state index is 11.2. The molecule has 2 nitrogen and oxygen atoms in total. The van der Waals surface area contributed by atoms with Crippen LogP contribution in [0.1, 0.15) is 28.5 Å². The Balaban J connectivity index is 2.47. The molecule has 13 heavy (non-hydrogen) atoms. The Morgan fingerprint density at radius 3 is 3.00 bits per heavy atom. The first kappa shape index (κ1) is 9.49. The summed E-state index contributed by atoms with van der Waals surface area (Å²) in [6, 6.07) is 1.88. The highest BCUT2D eigenvalue weighted by Crippen LogP contribution is 2.39. The Morgan fingerprint density at radius 1 is 1.54 bits per heavy atom. The fourth-order valence-electron chi connectivity index (χ4n) is 1.74. The van der Waals surface area contributed by atoms with Gasteiger partial charge in [0, 0.05) is 15.6 Å². The average Bonchev–Trinajstić information content (AvgIpc) is 2.48. The highest BCUT2D eigenvalue weighted by molar-refractivity contribution is 8.13. The molecule has 0 aliphatic heterocycles. The molecular weight excluding hydrogens is 228 g/mol. The molecule has 0 fully saturated rings. The number of thiophene rings is 1. The average molecular weight is 237 g/mol. The fourth-order valence-corrected chi connectivity index (χ4v) is 4.33. The summed E-state index contributed by atoms with van der Waals surface area (Å²) in [5.74, 6) is 0. The van der Waals surface area contributed by atoms with E-state index in [1.54, 1.807) is 11.3 Å². The summed E-state index contributed by atoms with van der Waals surface area (Å²) in [4.78, 5) is 1.18. The predicted octanol–water partition coefficient (Wildman–Crippen LogP) is 2.69. The van der Waals surface area contributed by atoms with E-state index in [-0.39, 0.29) is 0 Å². The smallest absolute Gasteiger partial charge is 0.212 e. The molecule has 5 heteroatoms. The second-order valence-electron chi connectivity index (χ2n) is 3.16. The van der Waals surface area contributed by atoms with Crippen molar-refractivity contribution in [1.29, 1.82) is 0 Å². The second-order valence-corrected chi connectivity index (χ2v) is 6.97. The largest absolute Gasteiger partial charge is 0.239 e. The number of aryl methyl sites for hydroxylation is 1. The minimum Gasteiger partial charge on any atom is -0.212 e. The van der Waals surface area contributed by atoms with Gasteiger partial charge in [0.05, 0.1) is 0 Å². The molecule has 2 rings (SSSR count). The molecule has 72 valence electrons. The van der Waals surface area contributed by atoms with E-state index in [1.165, 1.54) is 4.88 Å². The lowest BCUT2D eigenvalue weighted by Crippen LogP contribution is -2.12. The predicted molar refractivity (Wildman–Crippen MR) is 54.8 cm³/mol. The Labute approximate surface area is 86.0 Å². The van der Waals surface area contributed by atoms with Crippen LogP contribution in [-0.4, -0.2) is 8.42 Å². The molecular formula is C8H9ClO2S2. The minimum absolute atomic E-state index is 0.468. The summed E-state index contributed by atoms with van der Waals surface area (Å²) >= 11 is 1.62. The van der Waals surface area contributed by atoms with Gasteiger partial charge in [-0.05, 0) is 36.3 Å². The monoisotopic (exact) mass is 236 g/mol. The van der Waals surface area contributed by atoms with Gasteiger partial charge in [-0.15, -0.1) is 11.3 Å². The van der Waals surface area contributed by atoms with Crippen molar-refractivity contribution < 1.29 is 8.42 Å². The summed E-state index contributed by atoms with van der Waals surface area (Å²) in [5.41, 5.74) is 0.922. The maximum Gasteiger partial charge on any atom is 0.239 e. The molecule has 0 saturated heterocycles. The standard InChI is InChI=1S/C8H9ClO2S2/c9-13(10,11)8-3-1-2-7-6(8)4-5-12-7/h4-5,8H,1-3H2. The molecule has 0 aromatic carbocycles. The molecule has 1 atom stereocenters. The molecule has 0 spiro atoms. The SMILES string of the molecule is O=S(=O)(Cl)C1CCCc2sccc21. The first-order valence-electron chi connectivity index (χ1n) is 4.09. The van der Waals surface area contributed by atoms with Crippen LogP contribution in [0.3, 0.4) is 0 Å². The zero-order valence-corrected chi connectivity index (χ0v) is 9.25. The molecule has 0 saturated carbocycles. The molecule has 1 aliphatic rings. The molecule has 1 unspecified atom stereocenters. The second kappa shape index (κ2) is 3.26. The van der Waals surface area contributed by atoms with Crippen molar-refractivity contribution in [3.05, 3.63) is 21.9 Å². The fraction of sp³-hybridized carbons (Fsp3) is 0.500. The van der Waals surface area contributed by atoms with Crippen LogP contribution in [0.4, 0.5) is 0 Å². The topological polar surface area (TPSA) is 34.1 Å². The Bertz CT molecular complexity index is 408. The van der Waals surface area contributed by atoms with E-state index >= 15 is 0 Å². The van der Waals surface area contributed by atoms with E-state index < -0.39 is 14.3 Å². The first-order chi connectivity index (χ1) is 6.09. The zero-order valence-electron chi connectivity index (χ0n) is 6.86. The van der Waals surface area contributed by atoms with E-state index in [9.17, 15) is 8.42 Å². The van der Waals surface area contributed by atoms with Crippen LogP contribution in [0.5, 0.6) is 0 Å². The summed E-state index contributed by atoms with van der Waals surface area (Å²) in [6.45, 7) is 0. The van der Waals surface area contributed by atoms with E-state index in [0.29, 0.717) is 6.42 Å². The lowest BCUT2D eigenvalue weighted by Gasteiger charge is -2.19. The van der Waals surface area contributed by atoms with E-state index in [4.69, 9.17) is 10.7 Å². The highest BCUT2D eigenvalue weighted by Gasteiger charge is 2.30. The van der Waals surface area contributed by atoms with Crippen molar-refractivity contribution >= 4 is 31.1 Å². The zero-order chi connectivity index (χ0) is 9.47. The Hall–Kier alpha value is -0.0600. The van der Waals surface area contributed by atoms with Gasteiger partial charge >= 0.3 is 0 Å². The molecule has 0 bridgehead atoms. The highest BCUT2D eigenvalue weighted by atomic mass is 35.7. The Kier molecular flexibility index (Phi) is 2.38. The molecule has 1 aliphatic carbocycles. The number of fused-ring (bicyclic) bond motifs is 1. The van der Waals surface area contributed by atoms with Crippen molar-refractivity contribution in [2.75, 3.05) is 0 Å². The maximum atomic E-state index is 11.2. The van der Waals surface area contributed by atoms with E-state index in [0.717, 1.165) is 18.4 Å². The minimum atomic E-state index is -3.43. The van der Waals surface area contributed by atoms with Crippen molar-refractivity contribution in [2.45, 2.75) is 24.5 Å². The van der Waals surface area contributed by atoms with Crippen molar-refractivity contribution in [2.24, 2.45) is 0 Å². The summed E-state index contributed by atoms with van der Waals surface area (Å²) in [7, 11) is 1.94. The first-order valence-corrected chi connectivity index (χ1v) is 7.34. The molecule has 1 heterocycles. The number of hydrogen-bond donors (Lipinski definition) is 0. The summed E-state index contributed by atoms with van der Waals surface area (Å²) in [6.07, 6.45) is 2.58. The molecule has 0 amide bonds. The van der Waals surface area contributed by atoms with Gasteiger partial charge in [-0.3, -0.25) is 0 Å². The third-order valence-corrected chi connectivity index (χ3v) is 5.15. The van der Waals surface area contributed by atoms with E-state index in [1.807, 2.05) is 11.4 Å². The van der Waals surface area contributed by atoms with Gasteiger partial charge in [0.1, 0.15) is 5.25 Å². The number of hydrogen-bond acceptors (Lipinski definition) is 3. The molecule has 1 aromatic heterocycles. The van der Waals surface area contributed by atoms with Gasteiger partial charge in [-0.25, -0.2) is 8.42 Å². The van der Waals surface area contributed by atoms with Gasteiger partial charge in [0.2, 0.25) is 9.05 Å². The van der Waals surface area contributed by atoms with Gasteiger partial charge in [0.15, 0.2) is 0 Å². The van der Waals surface area contributed by atoms with Gasteiger partial charge < -0.3 is 0 Å². The molecule has 1 aromatic rings. The van der Waals surface area contributed by atoms with Crippen molar-refractivity contribution in [3.8, 4) is 0 Å². The van der Waals surface area contributed by atoms with Crippen LogP contribution in [0.25, 0.3) is 0 Å². The molecule has 0 radical (unpaired) electrons. The lowest BCUT2D eigenvalue weighted by atomic mass is 9.99. The lowest BCUT2D eigenvalue weighted by molar-refractivity contribution is 0.576. The van der Waals surface area contributed by atoms with Gasteiger partial charge in [-0.2, -0.15) is 0 Å². The van der Waals surface area contributed by atoms with Crippen LogP contribution in [0.2, 0.25) is 0 Å². The normalized spacial score (nSPS) is 22.7. The third-order valence-electron chi connectivity index (χ3n) is 2.34. The summed E-state index contributed by atoms with van der Waals surface area (Å²) in [5, 5.41) is 1.47. The van der Waals surface area contributed by atoms with Gasteiger partial charge in [-0.1, -0.05) is 0 Å². The quantitative estimate of drug-likeness (QED) is 0.703. The third kappa shape index (κ3) is 1.75. The van der Waals surface area contributed by atoms with E-state index in [2.05, 4.69) is 0 Å². The van der Waals surface area contributed by atoms with Gasteiger partial charge in [0.25, 0.3) is 0 Å². The van der Waals surface area contributed by atoms with Crippen LogP contribution in [0.15, 0.2) is 11.4 Å². The van der Waals surface area contributed by atoms with Crippen LogP contribution in [-0.2, 0) is 15.5 Å². The number of halogens is 1. The van der Waals surface area contributed by atoms with Crippen molar-refractivity contribution in [3.63, 3.8) is 0 Å². The Morgan fingerprint density at radius 2 is 2.31 bits per heavy atom. The van der Waals surface area contributed by atoms with Crippen LogP contribution in [0, 0.1) is 0 Å². The van der Waals surface area contributed by atoms with Crippen molar-refractivity contribution in [1.82, 2.24) is 0 Å².